The van der Waals surface area contributed by atoms with Gasteiger partial charge in [-0.1, -0.05) is 105 Å². The lowest BCUT2D eigenvalue weighted by Gasteiger charge is -2.19. The molecule has 0 unspecified atom stereocenters. The number of thioether (sulfide) groups is 1. The van der Waals surface area contributed by atoms with Crippen LogP contribution in [0.3, 0.4) is 0 Å². The molecule has 178 valence electrons. The van der Waals surface area contributed by atoms with Crippen molar-refractivity contribution in [3.05, 3.63) is 95.6 Å². The largest absolute Gasteiger partial charge is 0.272 e. The van der Waals surface area contributed by atoms with Crippen LogP contribution in [0.4, 0.5) is 0 Å². The van der Waals surface area contributed by atoms with Crippen molar-refractivity contribution in [1.29, 1.82) is 0 Å². The number of aryl methyl sites for hydroxylation is 1. The molecule has 35 heavy (non-hydrogen) atoms. The third-order valence-electron chi connectivity index (χ3n) is 5.43. The minimum absolute atomic E-state index is 0.0713. The zero-order chi connectivity index (χ0) is 24.8. The molecule has 1 aromatic heterocycles. The van der Waals surface area contributed by atoms with Crippen molar-refractivity contribution in [2.75, 3.05) is 5.75 Å². The molecular formula is C28H29N5OS. The van der Waals surface area contributed by atoms with Gasteiger partial charge in [-0.15, -0.1) is 10.2 Å². The third kappa shape index (κ3) is 6.25. The van der Waals surface area contributed by atoms with E-state index in [0.29, 0.717) is 5.16 Å². The number of hydrazone groups is 1. The van der Waals surface area contributed by atoms with Crippen LogP contribution < -0.4 is 5.43 Å². The van der Waals surface area contributed by atoms with Gasteiger partial charge in [-0.05, 0) is 35.6 Å². The first-order valence-electron chi connectivity index (χ1n) is 11.4. The second-order valence-electron chi connectivity index (χ2n) is 9.30. The lowest BCUT2D eigenvalue weighted by molar-refractivity contribution is -0.118. The average Bonchev–Trinajstić information content (AvgIpc) is 3.27. The van der Waals surface area contributed by atoms with Gasteiger partial charge in [0.25, 0.3) is 5.91 Å². The number of benzene rings is 3. The van der Waals surface area contributed by atoms with Gasteiger partial charge >= 0.3 is 0 Å². The summed E-state index contributed by atoms with van der Waals surface area (Å²) in [6.07, 6.45) is 1.64. The standard InChI is InChI=1S/C28H29N5OS/c1-20-9-8-10-21(17-20)18-29-30-25(34)19-35-27-32-31-26(33(27)24-11-6-5-7-12-24)22-13-15-23(16-14-22)28(2,3)4/h5-18H,19H2,1-4H3,(H,30,34). The second-order valence-corrected chi connectivity index (χ2v) is 10.2. The van der Waals surface area contributed by atoms with Crippen molar-refractivity contribution in [3.63, 3.8) is 0 Å². The number of amides is 1. The van der Waals surface area contributed by atoms with Crippen LogP contribution in [0.1, 0.15) is 37.5 Å². The van der Waals surface area contributed by atoms with Crippen LogP contribution in [-0.4, -0.2) is 32.6 Å². The molecule has 1 N–H and O–H groups in total. The summed E-state index contributed by atoms with van der Waals surface area (Å²) in [6.45, 7) is 8.60. The first-order valence-corrected chi connectivity index (χ1v) is 12.4. The topological polar surface area (TPSA) is 72.2 Å². The van der Waals surface area contributed by atoms with E-state index in [0.717, 1.165) is 28.2 Å². The van der Waals surface area contributed by atoms with Gasteiger partial charge in [-0.3, -0.25) is 9.36 Å². The molecule has 6 nitrogen and oxygen atoms in total. The fourth-order valence-corrected chi connectivity index (χ4v) is 4.32. The predicted octanol–water partition coefficient (Wildman–Crippen LogP) is 5.78. The molecule has 4 rings (SSSR count). The number of rotatable bonds is 7. The summed E-state index contributed by atoms with van der Waals surface area (Å²) in [5, 5.41) is 13.6. The van der Waals surface area contributed by atoms with Gasteiger partial charge in [0, 0.05) is 11.3 Å². The maximum absolute atomic E-state index is 12.4. The average molecular weight is 484 g/mol. The maximum atomic E-state index is 12.4. The van der Waals surface area contributed by atoms with Crippen LogP contribution in [0.5, 0.6) is 0 Å². The van der Waals surface area contributed by atoms with Gasteiger partial charge in [-0.25, -0.2) is 5.43 Å². The van der Waals surface area contributed by atoms with Crippen LogP contribution in [0.2, 0.25) is 0 Å². The Bertz CT molecular complexity index is 1320. The molecule has 1 heterocycles. The predicted molar refractivity (Wildman–Crippen MR) is 143 cm³/mol. The Morgan fingerprint density at radius 3 is 2.43 bits per heavy atom. The molecule has 7 heteroatoms. The Morgan fingerprint density at radius 1 is 1.00 bits per heavy atom. The Balaban J connectivity index is 1.52. The lowest BCUT2D eigenvalue weighted by Crippen LogP contribution is -2.20. The van der Waals surface area contributed by atoms with Gasteiger partial charge in [0.05, 0.1) is 12.0 Å². The van der Waals surface area contributed by atoms with Crippen molar-refractivity contribution in [1.82, 2.24) is 20.2 Å². The first kappa shape index (κ1) is 24.4. The minimum atomic E-state index is -0.211. The minimum Gasteiger partial charge on any atom is -0.272 e. The molecule has 0 saturated carbocycles. The van der Waals surface area contributed by atoms with Gasteiger partial charge in [0.15, 0.2) is 11.0 Å². The third-order valence-corrected chi connectivity index (χ3v) is 6.36. The highest BCUT2D eigenvalue weighted by molar-refractivity contribution is 7.99. The highest BCUT2D eigenvalue weighted by Gasteiger charge is 2.19. The van der Waals surface area contributed by atoms with Gasteiger partial charge in [0.1, 0.15) is 0 Å². The monoisotopic (exact) mass is 483 g/mol. The molecule has 3 aromatic carbocycles. The fourth-order valence-electron chi connectivity index (χ4n) is 3.57. The molecule has 0 radical (unpaired) electrons. The van der Waals surface area contributed by atoms with E-state index in [-0.39, 0.29) is 17.1 Å². The molecule has 4 aromatic rings. The highest BCUT2D eigenvalue weighted by Crippen LogP contribution is 2.30. The van der Waals surface area contributed by atoms with Crippen LogP contribution in [0.25, 0.3) is 17.1 Å². The van der Waals surface area contributed by atoms with Crippen LogP contribution >= 0.6 is 11.8 Å². The first-order chi connectivity index (χ1) is 16.8. The van der Waals surface area contributed by atoms with Crippen molar-refractivity contribution >= 4 is 23.9 Å². The molecule has 0 atom stereocenters. The van der Waals surface area contributed by atoms with Crippen molar-refractivity contribution in [3.8, 4) is 17.1 Å². The van der Waals surface area contributed by atoms with E-state index >= 15 is 0 Å². The second kappa shape index (κ2) is 10.7. The molecule has 0 saturated heterocycles. The van der Waals surface area contributed by atoms with Crippen LogP contribution in [-0.2, 0) is 10.2 Å². The lowest BCUT2D eigenvalue weighted by atomic mass is 9.87. The van der Waals surface area contributed by atoms with E-state index in [1.165, 1.54) is 17.3 Å². The normalized spacial score (nSPS) is 11.7. The van der Waals surface area contributed by atoms with E-state index in [2.05, 4.69) is 65.8 Å². The molecular weight excluding hydrogens is 454 g/mol. The van der Waals surface area contributed by atoms with E-state index in [4.69, 9.17) is 0 Å². The molecule has 0 fully saturated rings. The van der Waals surface area contributed by atoms with Crippen molar-refractivity contribution in [2.24, 2.45) is 5.10 Å². The number of nitrogens with one attached hydrogen (secondary N) is 1. The zero-order valence-electron chi connectivity index (χ0n) is 20.4. The van der Waals surface area contributed by atoms with E-state index in [1.54, 1.807) is 6.21 Å². The molecule has 0 aliphatic heterocycles. The van der Waals surface area contributed by atoms with E-state index < -0.39 is 0 Å². The Labute approximate surface area is 210 Å². The summed E-state index contributed by atoms with van der Waals surface area (Å²) >= 11 is 1.33. The zero-order valence-corrected chi connectivity index (χ0v) is 21.2. The smallest absolute Gasteiger partial charge is 0.250 e. The number of nitrogens with zero attached hydrogens (tertiary/aromatic N) is 4. The number of para-hydroxylation sites is 1. The SMILES string of the molecule is Cc1cccc(C=NNC(=O)CSc2nnc(-c3ccc(C(C)(C)C)cc3)n2-c2ccccc2)c1. The molecule has 0 bridgehead atoms. The summed E-state index contributed by atoms with van der Waals surface area (Å²) in [4.78, 5) is 12.4. The Kier molecular flexibility index (Phi) is 7.46. The van der Waals surface area contributed by atoms with Gasteiger partial charge in [-0.2, -0.15) is 5.10 Å². The molecule has 1 amide bonds. The highest BCUT2D eigenvalue weighted by atomic mass is 32.2. The van der Waals surface area contributed by atoms with Gasteiger partial charge < -0.3 is 0 Å². The van der Waals surface area contributed by atoms with Crippen molar-refractivity contribution < 1.29 is 4.79 Å². The number of carbonyl (C=O) groups is 1. The Hall–Kier alpha value is -3.71. The molecule has 0 aliphatic carbocycles. The number of carbonyl (C=O) groups excluding carboxylic acids is 1. The van der Waals surface area contributed by atoms with Crippen molar-refractivity contribution in [2.45, 2.75) is 38.3 Å². The fraction of sp³-hybridized carbons (Fsp3) is 0.214. The summed E-state index contributed by atoms with van der Waals surface area (Å²) in [5.74, 6) is 0.689. The summed E-state index contributed by atoms with van der Waals surface area (Å²) < 4.78 is 1.99. The van der Waals surface area contributed by atoms with E-state index in [1.807, 2.05) is 66.1 Å². The quantitative estimate of drug-likeness (QED) is 0.205. The number of hydrogen-bond donors (Lipinski definition) is 1. The molecule has 0 spiro atoms. The van der Waals surface area contributed by atoms with Gasteiger partial charge in [0.2, 0.25) is 0 Å². The summed E-state index contributed by atoms with van der Waals surface area (Å²) in [5.41, 5.74) is 7.89. The van der Waals surface area contributed by atoms with Crippen LogP contribution in [0, 0.1) is 6.92 Å². The van der Waals surface area contributed by atoms with E-state index in [9.17, 15) is 4.79 Å². The number of hydrogen-bond acceptors (Lipinski definition) is 5. The van der Waals surface area contributed by atoms with Crippen LogP contribution in [0.15, 0.2) is 89.1 Å². The maximum Gasteiger partial charge on any atom is 0.250 e. The summed E-state index contributed by atoms with van der Waals surface area (Å²) in [6, 6.07) is 26.3. The molecule has 0 aliphatic rings. The number of aromatic nitrogens is 3. The Morgan fingerprint density at radius 2 is 1.74 bits per heavy atom. The summed E-state index contributed by atoms with van der Waals surface area (Å²) in [7, 11) is 0.